The van der Waals surface area contributed by atoms with Crippen LogP contribution in [0.25, 0.3) is 11.0 Å². The third-order valence-corrected chi connectivity index (χ3v) is 4.44. The van der Waals surface area contributed by atoms with Crippen LogP contribution >= 0.6 is 0 Å². The molecule has 0 saturated heterocycles. The summed E-state index contributed by atoms with van der Waals surface area (Å²) < 4.78 is 11.0. The number of rotatable bonds is 4. The quantitative estimate of drug-likeness (QED) is 0.779. The molecular formula is C20H21NO3. The summed E-state index contributed by atoms with van der Waals surface area (Å²) in [5.74, 6) is 0.979. The molecule has 4 heteroatoms. The summed E-state index contributed by atoms with van der Waals surface area (Å²) >= 11 is 0. The molecule has 0 aliphatic rings. The highest BCUT2D eigenvalue weighted by molar-refractivity contribution is 5.99. The minimum atomic E-state index is -0.198. The Labute approximate surface area is 141 Å². The molecule has 0 bridgehead atoms. The molecule has 1 amide bonds. The Balaban J connectivity index is 1.80. The predicted octanol–water partition coefficient (Wildman–Crippen LogP) is 4.30. The van der Waals surface area contributed by atoms with Crippen molar-refractivity contribution < 1.29 is 13.9 Å². The number of ether oxygens (including phenoxy) is 1. The van der Waals surface area contributed by atoms with Crippen LogP contribution in [0.3, 0.4) is 0 Å². The summed E-state index contributed by atoms with van der Waals surface area (Å²) in [7, 11) is 1.63. The van der Waals surface area contributed by atoms with Crippen LogP contribution < -0.4 is 10.1 Å². The average molecular weight is 323 g/mol. The molecule has 0 unspecified atom stereocenters. The second-order valence-corrected chi connectivity index (χ2v) is 5.97. The molecule has 0 radical (unpaired) electrons. The molecular weight excluding hydrogens is 302 g/mol. The first kappa shape index (κ1) is 16.1. The molecule has 0 spiro atoms. The molecule has 124 valence electrons. The Morgan fingerprint density at radius 2 is 1.75 bits per heavy atom. The maximum Gasteiger partial charge on any atom is 0.287 e. The SMILES string of the molecule is COc1ccc(CNC(=O)c2oc3c(C)c(C)ccc3c2C)cc1. The Bertz CT molecular complexity index is 891. The normalized spacial score (nSPS) is 10.8. The number of fused-ring (bicyclic) bond motifs is 1. The van der Waals surface area contributed by atoms with Crippen molar-refractivity contribution in [2.75, 3.05) is 7.11 Å². The summed E-state index contributed by atoms with van der Waals surface area (Å²) in [5.41, 5.74) is 4.90. The van der Waals surface area contributed by atoms with Crippen molar-refractivity contribution in [2.45, 2.75) is 27.3 Å². The highest BCUT2D eigenvalue weighted by Gasteiger charge is 2.18. The molecule has 0 saturated carbocycles. The summed E-state index contributed by atoms with van der Waals surface area (Å²) in [4.78, 5) is 12.5. The van der Waals surface area contributed by atoms with Crippen LogP contribution in [-0.4, -0.2) is 13.0 Å². The van der Waals surface area contributed by atoms with Gasteiger partial charge >= 0.3 is 0 Å². The number of aryl methyl sites for hydroxylation is 3. The molecule has 24 heavy (non-hydrogen) atoms. The number of benzene rings is 2. The van der Waals surface area contributed by atoms with Gasteiger partial charge in [0.15, 0.2) is 5.76 Å². The van der Waals surface area contributed by atoms with E-state index in [-0.39, 0.29) is 5.91 Å². The lowest BCUT2D eigenvalue weighted by molar-refractivity contribution is 0.0924. The molecule has 0 aliphatic heterocycles. The molecule has 1 aromatic heterocycles. The first-order valence-electron chi connectivity index (χ1n) is 7.91. The van der Waals surface area contributed by atoms with Crippen molar-refractivity contribution in [2.24, 2.45) is 0 Å². The van der Waals surface area contributed by atoms with Crippen LogP contribution in [0.1, 0.15) is 32.8 Å². The van der Waals surface area contributed by atoms with Crippen molar-refractivity contribution in [3.63, 3.8) is 0 Å². The zero-order chi connectivity index (χ0) is 17.3. The number of hydrogen-bond acceptors (Lipinski definition) is 3. The first-order chi connectivity index (χ1) is 11.5. The van der Waals surface area contributed by atoms with E-state index >= 15 is 0 Å². The van der Waals surface area contributed by atoms with Gasteiger partial charge in [-0.15, -0.1) is 0 Å². The van der Waals surface area contributed by atoms with Gasteiger partial charge in [-0.2, -0.15) is 0 Å². The molecule has 4 nitrogen and oxygen atoms in total. The van der Waals surface area contributed by atoms with Gasteiger partial charge in [0, 0.05) is 17.5 Å². The maximum absolute atomic E-state index is 12.5. The second kappa shape index (κ2) is 6.40. The summed E-state index contributed by atoms with van der Waals surface area (Å²) in [6.45, 7) is 6.41. The Morgan fingerprint density at radius 3 is 2.42 bits per heavy atom. The van der Waals surface area contributed by atoms with Gasteiger partial charge in [0.2, 0.25) is 0 Å². The fraction of sp³-hybridized carbons (Fsp3) is 0.250. The van der Waals surface area contributed by atoms with Crippen LogP contribution in [0.5, 0.6) is 5.75 Å². The highest BCUT2D eigenvalue weighted by Crippen LogP contribution is 2.29. The second-order valence-electron chi connectivity index (χ2n) is 5.97. The summed E-state index contributed by atoms with van der Waals surface area (Å²) in [6.07, 6.45) is 0. The maximum atomic E-state index is 12.5. The average Bonchev–Trinajstić information content (AvgIpc) is 2.94. The minimum Gasteiger partial charge on any atom is -0.497 e. The lowest BCUT2D eigenvalue weighted by Crippen LogP contribution is -2.22. The largest absolute Gasteiger partial charge is 0.497 e. The molecule has 0 aliphatic carbocycles. The number of carbonyl (C=O) groups is 1. The van der Waals surface area contributed by atoms with Crippen LogP contribution in [0.2, 0.25) is 0 Å². The highest BCUT2D eigenvalue weighted by atomic mass is 16.5. The van der Waals surface area contributed by atoms with Crippen molar-refractivity contribution in [3.8, 4) is 5.75 Å². The third-order valence-electron chi connectivity index (χ3n) is 4.44. The summed E-state index contributed by atoms with van der Waals surface area (Å²) in [6, 6.07) is 11.7. The van der Waals surface area contributed by atoms with Gasteiger partial charge in [0.1, 0.15) is 11.3 Å². The third kappa shape index (κ3) is 2.87. The monoisotopic (exact) mass is 323 g/mol. The zero-order valence-corrected chi connectivity index (χ0v) is 14.4. The van der Waals surface area contributed by atoms with Gasteiger partial charge < -0.3 is 14.5 Å². The number of methoxy groups -OCH3 is 1. The fourth-order valence-electron chi connectivity index (χ4n) is 2.74. The van der Waals surface area contributed by atoms with E-state index in [1.807, 2.05) is 51.1 Å². The standard InChI is InChI=1S/C20H21NO3/c1-12-5-10-17-14(3)19(24-18(17)13(12)2)20(22)21-11-15-6-8-16(23-4)9-7-15/h5-10H,11H2,1-4H3,(H,21,22). The molecule has 0 atom stereocenters. The zero-order valence-electron chi connectivity index (χ0n) is 14.4. The number of nitrogens with one attached hydrogen (secondary N) is 1. The van der Waals surface area contributed by atoms with E-state index in [9.17, 15) is 4.79 Å². The van der Waals surface area contributed by atoms with Crippen LogP contribution in [0, 0.1) is 20.8 Å². The van der Waals surface area contributed by atoms with Crippen molar-refractivity contribution in [1.82, 2.24) is 5.32 Å². The molecule has 0 fully saturated rings. The Morgan fingerprint density at radius 1 is 1.04 bits per heavy atom. The van der Waals surface area contributed by atoms with Gasteiger partial charge in [0.05, 0.1) is 7.11 Å². The first-order valence-corrected chi connectivity index (χ1v) is 7.91. The molecule has 1 heterocycles. The van der Waals surface area contributed by atoms with Crippen molar-refractivity contribution in [3.05, 3.63) is 64.4 Å². The van der Waals surface area contributed by atoms with E-state index in [1.54, 1.807) is 7.11 Å². The number of carbonyl (C=O) groups excluding carboxylic acids is 1. The Hall–Kier alpha value is -2.75. The van der Waals surface area contributed by atoms with Crippen LogP contribution in [-0.2, 0) is 6.54 Å². The van der Waals surface area contributed by atoms with Gasteiger partial charge in [0.25, 0.3) is 5.91 Å². The Kier molecular flexibility index (Phi) is 4.30. The van der Waals surface area contributed by atoms with Crippen LogP contribution in [0.15, 0.2) is 40.8 Å². The van der Waals surface area contributed by atoms with E-state index in [0.717, 1.165) is 39.0 Å². The van der Waals surface area contributed by atoms with Gasteiger partial charge in [-0.3, -0.25) is 4.79 Å². The van der Waals surface area contributed by atoms with E-state index in [4.69, 9.17) is 9.15 Å². The van der Waals surface area contributed by atoms with Gasteiger partial charge in [-0.05, 0) is 49.6 Å². The molecule has 3 aromatic rings. The summed E-state index contributed by atoms with van der Waals surface area (Å²) in [5, 5.41) is 3.91. The topological polar surface area (TPSA) is 51.5 Å². The molecule has 2 aromatic carbocycles. The fourth-order valence-corrected chi connectivity index (χ4v) is 2.74. The van der Waals surface area contributed by atoms with Crippen molar-refractivity contribution >= 4 is 16.9 Å². The van der Waals surface area contributed by atoms with Crippen molar-refractivity contribution in [1.29, 1.82) is 0 Å². The van der Waals surface area contributed by atoms with E-state index in [0.29, 0.717) is 12.3 Å². The van der Waals surface area contributed by atoms with Gasteiger partial charge in [-0.25, -0.2) is 0 Å². The lowest BCUT2D eigenvalue weighted by atomic mass is 10.0. The number of furan rings is 1. The lowest BCUT2D eigenvalue weighted by Gasteiger charge is -2.05. The number of amides is 1. The van der Waals surface area contributed by atoms with E-state index in [2.05, 4.69) is 11.4 Å². The van der Waals surface area contributed by atoms with E-state index < -0.39 is 0 Å². The molecule has 3 rings (SSSR count). The smallest absolute Gasteiger partial charge is 0.287 e. The predicted molar refractivity (Wildman–Crippen MR) is 94.6 cm³/mol. The molecule has 1 N–H and O–H groups in total. The van der Waals surface area contributed by atoms with Crippen LogP contribution in [0.4, 0.5) is 0 Å². The number of hydrogen-bond donors (Lipinski definition) is 1. The van der Waals surface area contributed by atoms with E-state index in [1.165, 1.54) is 0 Å². The minimum absolute atomic E-state index is 0.198. The van der Waals surface area contributed by atoms with Gasteiger partial charge in [-0.1, -0.05) is 24.3 Å².